The number of aliphatic imine (C=N–C) groups is 1. The van der Waals surface area contributed by atoms with Crippen LogP contribution in [0, 0.1) is 0 Å². The van der Waals surface area contributed by atoms with Gasteiger partial charge in [-0.25, -0.2) is 18.5 Å². The summed E-state index contributed by atoms with van der Waals surface area (Å²) in [5.41, 5.74) is 0. The minimum atomic E-state index is -3.61. The van der Waals surface area contributed by atoms with Crippen molar-refractivity contribution in [3.05, 3.63) is 17.0 Å². The molecule has 0 bridgehead atoms. The molecule has 8 heteroatoms. The first kappa shape index (κ1) is 17.2. The molecule has 0 aromatic carbocycles. The standard InChI is InChI=1S/C14H24N4O2S2/c1-2-16-14(18-11-6-4-3-5-7-11)17-10-12-8-9-13(21-12)22(15,19)20/h8-9,11H,2-7,10H2,1H3,(H2,15,19,20)(H2,16,17,18). The fraction of sp³-hybridized carbons (Fsp3) is 0.643. The van der Waals surface area contributed by atoms with E-state index in [1.165, 1.54) is 49.5 Å². The third-order valence-electron chi connectivity index (χ3n) is 3.60. The Morgan fingerprint density at radius 1 is 1.36 bits per heavy atom. The maximum Gasteiger partial charge on any atom is 0.247 e. The molecular formula is C14H24N4O2S2. The van der Waals surface area contributed by atoms with Crippen LogP contribution in [-0.2, 0) is 16.6 Å². The van der Waals surface area contributed by atoms with Gasteiger partial charge >= 0.3 is 0 Å². The molecule has 1 aliphatic carbocycles. The van der Waals surface area contributed by atoms with Crippen LogP contribution >= 0.6 is 11.3 Å². The lowest BCUT2D eigenvalue weighted by molar-refractivity contribution is 0.410. The molecule has 1 saturated carbocycles. The third kappa shape index (κ3) is 5.26. The summed E-state index contributed by atoms with van der Waals surface area (Å²) >= 11 is 1.17. The lowest BCUT2D eigenvalue weighted by Gasteiger charge is -2.24. The Morgan fingerprint density at radius 2 is 2.09 bits per heavy atom. The van der Waals surface area contributed by atoms with E-state index >= 15 is 0 Å². The van der Waals surface area contributed by atoms with Crippen LogP contribution in [0.25, 0.3) is 0 Å². The smallest absolute Gasteiger partial charge is 0.247 e. The van der Waals surface area contributed by atoms with Gasteiger partial charge in [0.1, 0.15) is 4.21 Å². The molecular weight excluding hydrogens is 320 g/mol. The Hall–Kier alpha value is -1.12. The highest BCUT2D eigenvalue weighted by Gasteiger charge is 2.15. The van der Waals surface area contributed by atoms with Crippen LogP contribution in [0.1, 0.15) is 43.9 Å². The zero-order valence-corrected chi connectivity index (χ0v) is 14.5. The van der Waals surface area contributed by atoms with E-state index in [4.69, 9.17) is 5.14 Å². The molecule has 0 amide bonds. The molecule has 0 aliphatic heterocycles. The maximum atomic E-state index is 11.3. The number of thiophene rings is 1. The summed E-state index contributed by atoms with van der Waals surface area (Å²) in [4.78, 5) is 5.42. The second kappa shape index (κ2) is 7.94. The van der Waals surface area contributed by atoms with Crippen molar-refractivity contribution in [1.82, 2.24) is 10.6 Å². The first-order valence-corrected chi connectivity index (χ1v) is 10.0. The summed E-state index contributed by atoms with van der Waals surface area (Å²) in [6.45, 7) is 3.27. The normalized spacial score (nSPS) is 17.5. The quantitative estimate of drug-likeness (QED) is 0.560. The molecule has 1 aliphatic rings. The van der Waals surface area contributed by atoms with Crippen molar-refractivity contribution in [2.75, 3.05) is 6.54 Å². The molecule has 2 rings (SSSR count). The van der Waals surface area contributed by atoms with Gasteiger partial charge in [0.2, 0.25) is 10.0 Å². The first-order valence-electron chi connectivity index (χ1n) is 7.65. The van der Waals surface area contributed by atoms with Gasteiger partial charge in [0.05, 0.1) is 6.54 Å². The Balaban J connectivity index is 1.98. The average molecular weight is 345 g/mol. The topological polar surface area (TPSA) is 96.6 Å². The first-order chi connectivity index (χ1) is 10.5. The highest BCUT2D eigenvalue weighted by atomic mass is 32.2. The van der Waals surface area contributed by atoms with Gasteiger partial charge in [0.25, 0.3) is 0 Å². The predicted octanol–water partition coefficient (Wildman–Crippen LogP) is 1.78. The summed E-state index contributed by atoms with van der Waals surface area (Å²) < 4.78 is 22.7. The van der Waals surface area contributed by atoms with E-state index in [9.17, 15) is 8.42 Å². The Kier molecular flexibility index (Phi) is 6.22. The Bertz CT molecular complexity index is 604. The number of primary sulfonamides is 1. The highest BCUT2D eigenvalue weighted by Crippen LogP contribution is 2.21. The van der Waals surface area contributed by atoms with Crippen molar-refractivity contribution in [1.29, 1.82) is 0 Å². The van der Waals surface area contributed by atoms with Crippen LogP contribution in [0.15, 0.2) is 21.3 Å². The van der Waals surface area contributed by atoms with Crippen LogP contribution in [0.4, 0.5) is 0 Å². The number of hydrogen-bond donors (Lipinski definition) is 3. The molecule has 1 heterocycles. The van der Waals surface area contributed by atoms with Crippen LogP contribution in [0.2, 0.25) is 0 Å². The average Bonchev–Trinajstić information content (AvgIpc) is 2.95. The fourth-order valence-corrected chi connectivity index (χ4v) is 4.22. The van der Waals surface area contributed by atoms with Crippen LogP contribution in [0.3, 0.4) is 0 Å². The van der Waals surface area contributed by atoms with Gasteiger partial charge in [-0.2, -0.15) is 0 Å². The number of nitrogens with zero attached hydrogens (tertiary/aromatic N) is 1. The molecule has 22 heavy (non-hydrogen) atoms. The SMILES string of the molecule is CCNC(=NCc1ccc(S(N)(=O)=O)s1)NC1CCCCC1. The number of nitrogens with two attached hydrogens (primary N) is 1. The lowest BCUT2D eigenvalue weighted by atomic mass is 9.96. The van der Waals surface area contributed by atoms with Crippen LogP contribution in [-0.4, -0.2) is 27.0 Å². The second-order valence-corrected chi connectivity index (χ2v) is 8.40. The molecule has 1 aromatic rings. The van der Waals surface area contributed by atoms with Gasteiger partial charge in [-0.15, -0.1) is 11.3 Å². The molecule has 124 valence electrons. The monoisotopic (exact) mass is 344 g/mol. The third-order valence-corrected chi connectivity index (χ3v) is 6.11. The predicted molar refractivity (Wildman–Crippen MR) is 90.5 cm³/mol. The molecule has 6 nitrogen and oxygen atoms in total. The van der Waals surface area contributed by atoms with Gasteiger partial charge in [0, 0.05) is 17.5 Å². The van der Waals surface area contributed by atoms with Crippen molar-refractivity contribution >= 4 is 27.3 Å². The highest BCUT2D eigenvalue weighted by molar-refractivity contribution is 7.91. The minimum absolute atomic E-state index is 0.183. The van der Waals surface area contributed by atoms with E-state index < -0.39 is 10.0 Å². The molecule has 0 radical (unpaired) electrons. The second-order valence-electron chi connectivity index (χ2n) is 5.44. The van der Waals surface area contributed by atoms with Crippen LogP contribution < -0.4 is 15.8 Å². The van der Waals surface area contributed by atoms with Crippen molar-refractivity contribution in [2.24, 2.45) is 10.1 Å². The van der Waals surface area contributed by atoms with Crippen molar-refractivity contribution in [2.45, 2.75) is 55.8 Å². The molecule has 0 atom stereocenters. The number of rotatable bonds is 5. The fourth-order valence-electron chi connectivity index (χ4n) is 2.51. The van der Waals surface area contributed by atoms with E-state index in [1.54, 1.807) is 6.07 Å². The minimum Gasteiger partial charge on any atom is -0.357 e. The summed E-state index contributed by atoms with van der Waals surface area (Å²) in [5.74, 6) is 0.792. The summed E-state index contributed by atoms with van der Waals surface area (Å²) in [5, 5.41) is 11.8. The summed E-state index contributed by atoms with van der Waals surface area (Å²) in [6.07, 6.45) is 6.20. The van der Waals surface area contributed by atoms with Gasteiger partial charge < -0.3 is 10.6 Å². The zero-order chi connectivity index (χ0) is 16.0. The maximum absolute atomic E-state index is 11.3. The summed E-state index contributed by atoms with van der Waals surface area (Å²) in [6, 6.07) is 3.78. The van der Waals surface area contributed by atoms with Crippen molar-refractivity contribution in [3.8, 4) is 0 Å². The van der Waals surface area contributed by atoms with Gasteiger partial charge in [0.15, 0.2) is 5.96 Å². The van der Waals surface area contributed by atoms with E-state index in [2.05, 4.69) is 15.6 Å². The van der Waals surface area contributed by atoms with E-state index in [1.807, 2.05) is 6.92 Å². The van der Waals surface area contributed by atoms with Gasteiger partial charge in [-0.3, -0.25) is 0 Å². The number of sulfonamides is 1. The molecule has 1 fully saturated rings. The summed E-state index contributed by atoms with van der Waals surface area (Å²) in [7, 11) is -3.61. The number of hydrogen-bond acceptors (Lipinski definition) is 4. The van der Waals surface area contributed by atoms with Crippen molar-refractivity contribution < 1.29 is 8.42 Å². The van der Waals surface area contributed by atoms with Gasteiger partial charge in [-0.05, 0) is 31.9 Å². The van der Waals surface area contributed by atoms with E-state index in [0.717, 1.165) is 17.4 Å². The molecule has 1 aromatic heterocycles. The Labute approximate surface area is 136 Å². The largest absolute Gasteiger partial charge is 0.357 e. The molecule has 0 saturated heterocycles. The van der Waals surface area contributed by atoms with Crippen molar-refractivity contribution in [3.63, 3.8) is 0 Å². The van der Waals surface area contributed by atoms with Crippen LogP contribution in [0.5, 0.6) is 0 Å². The number of nitrogens with one attached hydrogen (secondary N) is 2. The lowest BCUT2D eigenvalue weighted by Crippen LogP contribution is -2.44. The Morgan fingerprint density at radius 3 is 2.68 bits per heavy atom. The van der Waals surface area contributed by atoms with E-state index in [0.29, 0.717) is 12.6 Å². The zero-order valence-electron chi connectivity index (χ0n) is 12.8. The molecule has 4 N–H and O–H groups in total. The molecule has 0 spiro atoms. The van der Waals surface area contributed by atoms with Gasteiger partial charge in [-0.1, -0.05) is 19.3 Å². The van der Waals surface area contributed by atoms with E-state index in [-0.39, 0.29) is 4.21 Å². The number of guanidine groups is 1. The molecule has 0 unspecified atom stereocenters.